The van der Waals surface area contributed by atoms with Crippen molar-refractivity contribution in [1.29, 1.82) is 0 Å². The third kappa shape index (κ3) is 2.71. The van der Waals surface area contributed by atoms with Crippen molar-refractivity contribution < 1.29 is 9.36 Å². The van der Waals surface area contributed by atoms with Crippen LogP contribution >= 0.6 is 0 Å². The van der Waals surface area contributed by atoms with E-state index in [2.05, 4.69) is 16.9 Å². The Kier molecular flexibility index (Phi) is 4.46. The second-order valence-corrected chi connectivity index (χ2v) is 6.44. The first-order valence-electron chi connectivity index (χ1n) is 8.41. The number of carbonyl (C=O) groups is 1. The minimum atomic E-state index is -0.354. The molecule has 0 saturated carbocycles. The molecule has 7 nitrogen and oxygen atoms in total. The van der Waals surface area contributed by atoms with Gasteiger partial charge in [0.25, 0.3) is 17.1 Å². The lowest BCUT2D eigenvalue weighted by Crippen LogP contribution is -2.44. The van der Waals surface area contributed by atoms with E-state index in [1.807, 2.05) is 26.8 Å². The zero-order valence-corrected chi connectivity index (χ0v) is 15.1. The first kappa shape index (κ1) is 17.6. The summed E-state index contributed by atoms with van der Waals surface area (Å²) in [6, 6.07) is 5.13. The van der Waals surface area contributed by atoms with Crippen LogP contribution in [0.3, 0.4) is 0 Å². The molecule has 3 aromatic heterocycles. The molecule has 0 aliphatic carbocycles. The molecule has 0 aliphatic rings. The zero-order chi connectivity index (χ0) is 19.0. The maximum absolute atomic E-state index is 13.0. The van der Waals surface area contributed by atoms with Gasteiger partial charge in [-0.1, -0.05) is 17.1 Å². The number of carbonyl (C=O) groups excluding carboxylic acids is 1. The number of nitrogen functional groups attached to an aromatic ring is 1. The van der Waals surface area contributed by atoms with Crippen molar-refractivity contribution in [3.8, 4) is 0 Å². The largest absolute Gasteiger partial charge is 0.348 e. The van der Waals surface area contributed by atoms with Crippen LogP contribution in [0.15, 0.2) is 41.8 Å². The van der Waals surface area contributed by atoms with Gasteiger partial charge in [-0.3, -0.25) is 14.0 Å². The molecule has 3 rings (SSSR count). The van der Waals surface area contributed by atoms with E-state index >= 15 is 0 Å². The molecule has 0 radical (unpaired) electrons. The zero-order valence-electron chi connectivity index (χ0n) is 15.1. The first-order valence-corrected chi connectivity index (χ1v) is 8.41. The van der Waals surface area contributed by atoms with Crippen LogP contribution in [0.4, 0.5) is 5.82 Å². The summed E-state index contributed by atoms with van der Waals surface area (Å²) in [6.45, 7) is 9.66. The predicted octanol–water partition coefficient (Wildman–Crippen LogP) is 1.52. The summed E-state index contributed by atoms with van der Waals surface area (Å²) in [5.74, 6) is -0.0775. The van der Waals surface area contributed by atoms with Gasteiger partial charge in [0.2, 0.25) is 11.5 Å². The van der Waals surface area contributed by atoms with E-state index < -0.39 is 0 Å². The molecule has 134 valence electrons. The minimum absolute atomic E-state index is 0.0805. The van der Waals surface area contributed by atoms with Crippen LogP contribution in [0.25, 0.3) is 16.7 Å². The van der Waals surface area contributed by atoms with Gasteiger partial charge in [-0.05, 0) is 32.9 Å². The van der Waals surface area contributed by atoms with Crippen LogP contribution in [0.1, 0.15) is 35.8 Å². The Morgan fingerprint density at radius 1 is 1.50 bits per heavy atom. The fourth-order valence-electron chi connectivity index (χ4n) is 3.04. The molecular formula is C19H22N5O2+. The molecule has 26 heavy (non-hydrogen) atoms. The van der Waals surface area contributed by atoms with Crippen molar-refractivity contribution >= 4 is 28.4 Å². The number of nitrogens with two attached hydrogens (primary N) is 1. The number of amides is 1. The fourth-order valence-corrected chi connectivity index (χ4v) is 3.04. The molecule has 3 aromatic rings. The molecule has 0 aliphatic heterocycles. The van der Waals surface area contributed by atoms with E-state index in [1.165, 1.54) is 10.5 Å². The van der Waals surface area contributed by atoms with Crippen LogP contribution < -0.4 is 21.2 Å². The first-order chi connectivity index (χ1) is 12.4. The third-order valence-corrected chi connectivity index (χ3v) is 4.28. The monoisotopic (exact) mass is 352 g/mol. The van der Waals surface area contributed by atoms with Gasteiger partial charge in [0.1, 0.15) is 10.9 Å². The SMILES string of the molecule is C=CCNC(=O)c1cc2c(=O)n3cccc(C)c3nc2[n+](C(C)C)c1N. The van der Waals surface area contributed by atoms with Gasteiger partial charge in [-0.15, -0.1) is 6.58 Å². The number of fused-ring (bicyclic) bond motifs is 2. The van der Waals surface area contributed by atoms with Crippen molar-refractivity contribution in [3.05, 3.63) is 58.5 Å². The highest BCUT2D eigenvalue weighted by Crippen LogP contribution is 2.17. The van der Waals surface area contributed by atoms with Gasteiger partial charge < -0.3 is 11.1 Å². The van der Waals surface area contributed by atoms with E-state index in [9.17, 15) is 9.59 Å². The highest BCUT2D eigenvalue weighted by Gasteiger charge is 2.25. The van der Waals surface area contributed by atoms with E-state index in [1.54, 1.807) is 22.9 Å². The van der Waals surface area contributed by atoms with E-state index in [4.69, 9.17) is 5.73 Å². The van der Waals surface area contributed by atoms with Crippen LogP contribution in [0.5, 0.6) is 0 Å². The molecule has 0 bridgehead atoms. The maximum Gasteiger partial charge on any atom is 0.278 e. The average molecular weight is 352 g/mol. The number of rotatable bonds is 4. The highest BCUT2D eigenvalue weighted by molar-refractivity contribution is 6.00. The van der Waals surface area contributed by atoms with E-state index in [-0.39, 0.29) is 28.9 Å². The number of hydrogen-bond donors (Lipinski definition) is 2. The maximum atomic E-state index is 13.0. The number of anilines is 1. The number of aromatic nitrogens is 3. The summed E-state index contributed by atoms with van der Waals surface area (Å²) in [7, 11) is 0. The lowest BCUT2D eigenvalue weighted by molar-refractivity contribution is -0.679. The standard InChI is InChI=1S/C19H21N5O2/c1-5-8-21-18(25)13-10-14-17(24(11(2)3)15(13)20)22-16-12(4)7-6-9-23(16)19(14)26/h5-7,9-11,20H,1,8H2,2-4H3,(H,21,25)/p+1. The molecule has 0 fully saturated rings. The minimum Gasteiger partial charge on any atom is -0.348 e. The summed E-state index contributed by atoms with van der Waals surface area (Å²) in [4.78, 5) is 30.2. The Hall–Kier alpha value is -3.22. The van der Waals surface area contributed by atoms with Crippen molar-refractivity contribution in [3.63, 3.8) is 0 Å². The van der Waals surface area contributed by atoms with Crippen molar-refractivity contribution in [1.82, 2.24) is 14.7 Å². The quantitative estimate of drug-likeness (QED) is 0.423. The molecule has 3 heterocycles. The molecule has 0 atom stereocenters. The van der Waals surface area contributed by atoms with Crippen LogP contribution in [0, 0.1) is 6.92 Å². The second kappa shape index (κ2) is 6.59. The fraction of sp³-hybridized carbons (Fsp3) is 0.263. The van der Waals surface area contributed by atoms with Crippen molar-refractivity contribution in [2.45, 2.75) is 26.8 Å². The molecule has 1 amide bonds. The smallest absolute Gasteiger partial charge is 0.278 e. The lowest BCUT2D eigenvalue weighted by atomic mass is 10.1. The predicted molar refractivity (Wildman–Crippen MR) is 101 cm³/mol. The van der Waals surface area contributed by atoms with E-state index in [0.717, 1.165) is 5.56 Å². The number of hydrogen-bond acceptors (Lipinski definition) is 4. The van der Waals surface area contributed by atoms with Crippen molar-refractivity contribution in [2.75, 3.05) is 12.3 Å². The Morgan fingerprint density at radius 2 is 2.23 bits per heavy atom. The number of nitrogens with zero attached hydrogens (tertiary/aromatic N) is 3. The lowest BCUT2D eigenvalue weighted by Gasteiger charge is -2.14. The van der Waals surface area contributed by atoms with Crippen LogP contribution in [-0.2, 0) is 0 Å². The summed E-state index contributed by atoms with van der Waals surface area (Å²) >= 11 is 0. The highest BCUT2D eigenvalue weighted by atomic mass is 16.1. The molecule has 0 unspecified atom stereocenters. The van der Waals surface area contributed by atoms with Gasteiger partial charge >= 0.3 is 0 Å². The van der Waals surface area contributed by atoms with Gasteiger partial charge in [0.05, 0.1) is 6.04 Å². The molecule has 0 aromatic carbocycles. The average Bonchev–Trinajstić information content (AvgIpc) is 2.60. The van der Waals surface area contributed by atoms with Crippen LogP contribution in [0.2, 0.25) is 0 Å². The van der Waals surface area contributed by atoms with Crippen molar-refractivity contribution in [2.24, 2.45) is 0 Å². The topological polar surface area (TPSA) is 93.4 Å². The summed E-state index contributed by atoms with van der Waals surface area (Å²) in [6.07, 6.45) is 3.25. The third-order valence-electron chi connectivity index (χ3n) is 4.28. The summed E-state index contributed by atoms with van der Waals surface area (Å²) in [5.41, 5.74) is 8.22. The normalized spacial score (nSPS) is 11.2. The van der Waals surface area contributed by atoms with Crippen LogP contribution in [-0.4, -0.2) is 21.8 Å². The molecule has 0 spiro atoms. The Bertz CT molecular complexity index is 1100. The van der Waals surface area contributed by atoms with Gasteiger partial charge in [-0.25, -0.2) is 4.57 Å². The van der Waals surface area contributed by atoms with Gasteiger partial charge in [0, 0.05) is 18.3 Å². The molecular weight excluding hydrogens is 330 g/mol. The summed E-state index contributed by atoms with van der Waals surface area (Å²) in [5, 5.41) is 3.05. The molecule has 0 saturated heterocycles. The number of pyridine rings is 2. The second-order valence-electron chi connectivity index (χ2n) is 6.44. The van der Waals surface area contributed by atoms with Gasteiger partial charge in [-0.2, -0.15) is 0 Å². The molecule has 7 heteroatoms. The van der Waals surface area contributed by atoms with Gasteiger partial charge in [0.15, 0.2) is 0 Å². The number of aryl methyl sites for hydroxylation is 1. The Morgan fingerprint density at radius 3 is 2.88 bits per heavy atom. The Labute approximate surface area is 150 Å². The van der Waals surface area contributed by atoms with E-state index in [0.29, 0.717) is 23.2 Å². The molecule has 3 N–H and O–H groups in total. The Balaban J connectivity index is 2.44. The summed E-state index contributed by atoms with van der Waals surface area (Å²) < 4.78 is 3.22. The number of nitrogens with one attached hydrogen (secondary N) is 1.